The van der Waals surface area contributed by atoms with Crippen LogP contribution in [0, 0.1) is 0 Å². The van der Waals surface area contributed by atoms with E-state index in [0.717, 1.165) is 0 Å². The first-order valence-electron chi connectivity index (χ1n) is 6.32. The second-order valence-electron chi connectivity index (χ2n) is 5.27. The van der Waals surface area contributed by atoms with E-state index in [1.807, 2.05) is 0 Å². The maximum atomic E-state index is 12.3. The van der Waals surface area contributed by atoms with Gasteiger partial charge in [-0.05, 0) is 32.4 Å². The molecule has 0 radical (unpaired) electrons. The molecular weight excluding hydrogens is 262 g/mol. The van der Waals surface area contributed by atoms with Gasteiger partial charge in [-0.15, -0.1) is 0 Å². The number of benzene rings is 1. The van der Waals surface area contributed by atoms with Crippen molar-refractivity contribution in [2.45, 2.75) is 32.2 Å². The highest BCUT2D eigenvalue weighted by molar-refractivity contribution is 5.98. The molecule has 0 aliphatic carbocycles. The molecule has 0 saturated heterocycles. The average molecular weight is 279 g/mol. The second kappa shape index (κ2) is 5.40. The molecule has 6 nitrogen and oxygen atoms in total. The molecule has 2 rings (SSSR count). The van der Waals surface area contributed by atoms with Crippen LogP contribution in [0.4, 0.5) is 0 Å². The smallest absolute Gasteiger partial charge is 0.303 e. The number of carboxylic acid groups (broad SMARTS) is 1. The third-order valence-electron chi connectivity index (χ3n) is 3.06. The Morgan fingerprint density at radius 1 is 1.35 bits per heavy atom. The summed E-state index contributed by atoms with van der Waals surface area (Å²) < 4.78 is 10.5. The molecule has 6 heteroatoms. The maximum Gasteiger partial charge on any atom is 0.303 e. The molecule has 1 aromatic rings. The zero-order chi connectivity index (χ0) is 14.8. The zero-order valence-electron chi connectivity index (χ0n) is 11.4. The third kappa shape index (κ3) is 3.20. The molecule has 0 bridgehead atoms. The number of fused-ring (bicyclic) bond motifs is 1. The van der Waals surface area contributed by atoms with Gasteiger partial charge in [-0.2, -0.15) is 0 Å². The SMILES string of the molecule is CC(C)(CCC(=O)O)NC(=O)c1cccc2c1OCO2. The summed E-state index contributed by atoms with van der Waals surface area (Å²) in [6, 6.07) is 5.09. The molecule has 0 fully saturated rings. The fourth-order valence-corrected chi connectivity index (χ4v) is 1.97. The van der Waals surface area contributed by atoms with Crippen molar-refractivity contribution < 1.29 is 24.2 Å². The summed E-state index contributed by atoms with van der Waals surface area (Å²) in [5.74, 6) is -0.215. The normalized spacial score (nSPS) is 13.1. The molecule has 1 amide bonds. The van der Waals surface area contributed by atoms with Gasteiger partial charge in [0.25, 0.3) is 5.91 Å². The number of aliphatic carboxylic acids is 1. The van der Waals surface area contributed by atoms with Crippen molar-refractivity contribution in [1.82, 2.24) is 5.32 Å². The third-order valence-corrected chi connectivity index (χ3v) is 3.06. The second-order valence-corrected chi connectivity index (χ2v) is 5.27. The Labute approximate surface area is 116 Å². The van der Waals surface area contributed by atoms with Crippen molar-refractivity contribution in [3.05, 3.63) is 23.8 Å². The molecule has 20 heavy (non-hydrogen) atoms. The largest absolute Gasteiger partial charge is 0.481 e. The number of ether oxygens (including phenoxy) is 2. The van der Waals surface area contributed by atoms with Crippen molar-refractivity contribution in [2.24, 2.45) is 0 Å². The van der Waals surface area contributed by atoms with E-state index in [9.17, 15) is 9.59 Å². The Kier molecular flexibility index (Phi) is 3.83. The lowest BCUT2D eigenvalue weighted by Crippen LogP contribution is -2.43. The summed E-state index contributed by atoms with van der Waals surface area (Å²) in [7, 11) is 0. The number of carboxylic acids is 1. The molecule has 0 spiro atoms. The van der Waals surface area contributed by atoms with Crippen molar-refractivity contribution in [1.29, 1.82) is 0 Å². The summed E-state index contributed by atoms with van der Waals surface area (Å²) in [6.45, 7) is 3.67. The number of hydrogen-bond acceptors (Lipinski definition) is 4. The van der Waals surface area contributed by atoms with Gasteiger partial charge in [0.2, 0.25) is 6.79 Å². The van der Waals surface area contributed by atoms with Crippen LogP contribution < -0.4 is 14.8 Å². The van der Waals surface area contributed by atoms with E-state index in [0.29, 0.717) is 23.5 Å². The average Bonchev–Trinajstić information content (AvgIpc) is 2.83. The predicted molar refractivity (Wildman–Crippen MR) is 71.0 cm³/mol. The molecule has 1 aliphatic heterocycles. The van der Waals surface area contributed by atoms with Gasteiger partial charge in [0.15, 0.2) is 11.5 Å². The van der Waals surface area contributed by atoms with Crippen LogP contribution >= 0.6 is 0 Å². The summed E-state index contributed by atoms with van der Waals surface area (Å²) in [6.07, 6.45) is 0.347. The van der Waals surface area contributed by atoms with Gasteiger partial charge >= 0.3 is 5.97 Å². The molecule has 1 aliphatic rings. The molecule has 0 saturated carbocycles. The van der Waals surface area contributed by atoms with Crippen molar-refractivity contribution in [3.8, 4) is 11.5 Å². The summed E-state index contributed by atoms with van der Waals surface area (Å²) >= 11 is 0. The minimum Gasteiger partial charge on any atom is -0.481 e. The molecular formula is C14H17NO5. The predicted octanol–water partition coefficient (Wildman–Crippen LogP) is 1.79. The number of para-hydroxylation sites is 1. The van der Waals surface area contributed by atoms with E-state index in [2.05, 4.69) is 5.32 Å². The fraction of sp³-hybridized carbons (Fsp3) is 0.429. The number of carbonyl (C=O) groups excluding carboxylic acids is 1. The van der Waals surface area contributed by atoms with E-state index < -0.39 is 11.5 Å². The van der Waals surface area contributed by atoms with Gasteiger partial charge in [0.1, 0.15) is 0 Å². The van der Waals surface area contributed by atoms with Crippen molar-refractivity contribution in [2.75, 3.05) is 6.79 Å². The van der Waals surface area contributed by atoms with Crippen molar-refractivity contribution in [3.63, 3.8) is 0 Å². The minimum atomic E-state index is -0.885. The Bertz CT molecular complexity index is 538. The van der Waals surface area contributed by atoms with Crippen LogP contribution in [0.2, 0.25) is 0 Å². The lowest BCUT2D eigenvalue weighted by molar-refractivity contribution is -0.137. The van der Waals surface area contributed by atoms with E-state index in [-0.39, 0.29) is 19.1 Å². The van der Waals surface area contributed by atoms with Crippen LogP contribution in [0.15, 0.2) is 18.2 Å². The Morgan fingerprint density at radius 3 is 2.80 bits per heavy atom. The molecule has 2 N–H and O–H groups in total. The van der Waals surface area contributed by atoms with Crippen LogP contribution in [-0.2, 0) is 4.79 Å². The minimum absolute atomic E-state index is 0.000210. The van der Waals surface area contributed by atoms with Gasteiger partial charge in [0.05, 0.1) is 5.56 Å². The van der Waals surface area contributed by atoms with E-state index >= 15 is 0 Å². The monoisotopic (exact) mass is 279 g/mol. The van der Waals surface area contributed by atoms with Crippen LogP contribution in [0.25, 0.3) is 0 Å². The topological polar surface area (TPSA) is 84.9 Å². The number of nitrogens with one attached hydrogen (secondary N) is 1. The fourth-order valence-electron chi connectivity index (χ4n) is 1.97. The van der Waals surface area contributed by atoms with Gasteiger partial charge in [-0.3, -0.25) is 9.59 Å². The molecule has 108 valence electrons. The Balaban J connectivity index is 2.09. The lowest BCUT2D eigenvalue weighted by atomic mass is 9.97. The van der Waals surface area contributed by atoms with Crippen molar-refractivity contribution >= 4 is 11.9 Å². The molecule has 0 atom stereocenters. The first kappa shape index (κ1) is 14.2. The lowest BCUT2D eigenvalue weighted by Gasteiger charge is -2.25. The summed E-state index contributed by atoms with van der Waals surface area (Å²) in [5.41, 5.74) is -0.221. The van der Waals surface area contributed by atoms with Crippen LogP contribution in [0.1, 0.15) is 37.0 Å². The summed E-state index contributed by atoms with van der Waals surface area (Å²) in [4.78, 5) is 22.9. The number of carbonyl (C=O) groups is 2. The van der Waals surface area contributed by atoms with Gasteiger partial charge < -0.3 is 19.9 Å². The van der Waals surface area contributed by atoms with Crippen LogP contribution in [0.5, 0.6) is 11.5 Å². The highest BCUT2D eigenvalue weighted by Gasteiger charge is 2.26. The molecule has 1 heterocycles. The molecule has 1 aromatic carbocycles. The van der Waals surface area contributed by atoms with Gasteiger partial charge in [-0.25, -0.2) is 0 Å². The van der Waals surface area contributed by atoms with Gasteiger partial charge in [0, 0.05) is 12.0 Å². The number of amides is 1. The summed E-state index contributed by atoms with van der Waals surface area (Å²) in [5, 5.41) is 11.5. The van der Waals surface area contributed by atoms with E-state index in [1.54, 1.807) is 32.0 Å². The van der Waals surface area contributed by atoms with E-state index in [4.69, 9.17) is 14.6 Å². The van der Waals surface area contributed by atoms with E-state index in [1.165, 1.54) is 0 Å². The number of hydrogen-bond donors (Lipinski definition) is 2. The zero-order valence-corrected chi connectivity index (χ0v) is 11.4. The Morgan fingerprint density at radius 2 is 2.10 bits per heavy atom. The highest BCUT2D eigenvalue weighted by Crippen LogP contribution is 2.35. The van der Waals surface area contributed by atoms with Crippen LogP contribution in [-0.4, -0.2) is 29.3 Å². The molecule has 0 aromatic heterocycles. The first-order chi connectivity index (χ1) is 9.39. The Hall–Kier alpha value is -2.24. The van der Waals surface area contributed by atoms with Gasteiger partial charge in [-0.1, -0.05) is 6.07 Å². The van der Waals surface area contributed by atoms with Crippen LogP contribution in [0.3, 0.4) is 0 Å². The standard InChI is InChI=1S/C14H17NO5/c1-14(2,7-6-11(16)17)15-13(18)9-4-3-5-10-12(9)20-8-19-10/h3-5H,6-8H2,1-2H3,(H,15,18)(H,16,17). The quantitative estimate of drug-likeness (QED) is 0.858. The first-order valence-corrected chi connectivity index (χ1v) is 6.32. The maximum absolute atomic E-state index is 12.3. The highest BCUT2D eigenvalue weighted by atomic mass is 16.7. The number of rotatable bonds is 5. The molecule has 0 unspecified atom stereocenters.